The number of benzene rings is 2. The van der Waals surface area contributed by atoms with Gasteiger partial charge in [0.2, 0.25) is 0 Å². The van der Waals surface area contributed by atoms with Crippen molar-refractivity contribution in [3.05, 3.63) is 65.7 Å². The van der Waals surface area contributed by atoms with Crippen molar-refractivity contribution in [1.29, 1.82) is 0 Å². The summed E-state index contributed by atoms with van der Waals surface area (Å²) >= 11 is 0. The third-order valence-electron chi connectivity index (χ3n) is 4.10. The SMILES string of the molecule is COc1ccc(C[C@H]2C(=O)CN2C(=O)OCc2ccccc2)cc1. The zero-order valence-electron chi connectivity index (χ0n) is 13.5. The first-order chi connectivity index (χ1) is 11.7. The van der Waals surface area contributed by atoms with Crippen molar-refractivity contribution < 1.29 is 19.1 Å². The molecule has 3 rings (SSSR count). The lowest BCUT2D eigenvalue weighted by Crippen LogP contribution is -2.60. The van der Waals surface area contributed by atoms with Crippen molar-refractivity contribution >= 4 is 11.9 Å². The highest BCUT2D eigenvalue weighted by Gasteiger charge is 2.41. The summed E-state index contributed by atoms with van der Waals surface area (Å²) in [6.45, 7) is 0.327. The Labute approximate surface area is 140 Å². The predicted octanol–water partition coefficient (Wildman–Crippen LogP) is 2.83. The molecular formula is C19H19NO4. The molecule has 0 saturated carbocycles. The van der Waals surface area contributed by atoms with Crippen LogP contribution in [0.15, 0.2) is 54.6 Å². The van der Waals surface area contributed by atoms with Crippen LogP contribution >= 0.6 is 0 Å². The van der Waals surface area contributed by atoms with Gasteiger partial charge in [-0.1, -0.05) is 42.5 Å². The number of Topliss-reactive ketones (excluding diaryl/α,β-unsaturated/α-hetero) is 1. The van der Waals surface area contributed by atoms with Gasteiger partial charge < -0.3 is 9.47 Å². The molecule has 1 heterocycles. The Morgan fingerprint density at radius 2 is 1.79 bits per heavy atom. The molecule has 2 aromatic rings. The van der Waals surface area contributed by atoms with Gasteiger partial charge in [0.15, 0.2) is 5.78 Å². The van der Waals surface area contributed by atoms with Crippen LogP contribution in [0.4, 0.5) is 4.79 Å². The van der Waals surface area contributed by atoms with E-state index in [9.17, 15) is 9.59 Å². The van der Waals surface area contributed by atoms with Crippen LogP contribution in [0.3, 0.4) is 0 Å². The smallest absolute Gasteiger partial charge is 0.411 e. The molecule has 1 saturated heterocycles. The van der Waals surface area contributed by atoms with Crippen LogP contribution < -0.4 is 4.74 Å². The number of nitrogens with zero attached hydrogens (tertiary/aromatic N) is 1. The number of carbonyl (C=O) groups is 2. The Morgan fingerprint density at radius 3 is 2.42 bits per heavy atom. The summed E-state index contributed by atoms with van der Waals surface area (Å²) < 4.78 is 10.4. The number of likely N-dealkylation sites (tertiary alicyclic amines) is 1. The van der Waals surface area contributed by atoms with Gasteiger partial charge in [-0.15, -0.1) is 0 Å². The minimum absolute atomic E-state index is 0.0579. The van der Waals surface area contributed by atoms with E-state index < -0.39 is 12.1 Å². The molecule has 5 heteroatoms. The molecule has 0 radical (unpaired) electrons. The summed E-state index contributed by atoms with van der Waals surface area (Å²) in [4.78, 5) is 25.5. The standard InChI is InChI=1S/C19H19NO4/c1-23-16-9-7-14(8-10-16)11-17-18(21)12-20(17)19(22)24-13-15-5-3-2-4-6-15/h2-10,17H,11-13H2,1H3/t17-/m0/s1. The van der Waals surface area contributed by atoms with E-state index in [2.05, 4.69) is 0 Å². The Bertz CT molecular complexity index is 712. The van der Waals surface area contributed by atoms with Gasteiger partial charge in [0, 0.05) is 6.42 Å². The molecule has 124 valence electrons. The monoisotopic (exact) mass is 325 g/mol. The molecule has 5 nitrogen and oxygen atoms in total. The van der Waals surface area contributed by atoms with E-state index in [0.29, 0.717) is 6.42 Å². The van der Waals surface area contributed by atoms with Crippen molar-refractivity contribution in [3.63, 3.8) is 0 Å². The predicted molar refractivity (Wildman–Crippen MR) is 88.8 cm³/mol. The van der Waals surface area contributed by atoms with Crippen molar-refractivity contribution in [1.82, 2.24) is 4.90 Å². The van der Waals surface area contributed by atoms with Crippen LogP contribution in [0.5, 0.6) is 5.75 Å². The van der Waals surface area contributed by atoms with Gasteiger partial charge in [0.05, 0.1) is 13.7 Å². The highest BCUT2D eigenvalue weighted by atomic mass is 16.6. The van der Waals surface area contributed by atoms with E-state index in [1.807, 2.05) is 54.6 Å². The Balaban J connectivity index is 1.57. The second-order valence-electron chi connectivity index (χ2n) is 5.70. The molecule has 1 fully saturated rings. The molecule has 0 unspecified atom stereocenters. The molecule has 1 aliphatic heterocycles. The van der Waals surface area contributed by atoms with E-state index in [0.717, 1.165) is 16.9 Å². The zero-order valence-corrected chi connectivity index (χ0v) is 13.5. The van der Waals surface area contributed by atoms with Gasteiger partial charge in [0.25, 0.3) is 0 Å². The summed E-state index contributed by atoms with van der Waals surface area (Å²) in [5.74, 6) is 0.820. The fourth-order valence-corrected chi connectivity index (χ4v) is 2.65. The van der Waals surface area contributed by atoms with Crippen LogP contribution in [-0.2, 0) is 22.6 Å². The summed E-state index contributed by atoms with van der Waals surface area (Å²) in [6, 6.07) is 16.5. The van der Waals surface area contributed by atoms with Crippen molar-refractivity contribution in [3.8, 4) is 5.75 Å². The van der Waals surface area contributed by atoms with E-state index in [-0.39, 0.29) is 18.9 Å². The zero-order chi connectivity index (χ0) is 16.9. The number of ketones is 1. The molecule has 0 aromatic heterocycles. The maximum Gasteiger partial charge on any atom is 0.411 e. The molecule has 2 aromatic carbocycles. The second-order valence-corrected chi connectivity index (χ2v) is 5.70. The molecule has 1 aliphatic rings. The molecule has 1 atom stereocenters. The van der Waals surface area contributed by atoms with Crippen LogP contribution in [0.2, 0.25) is 0 Å². The lowest BCUT2D eigenvalue weighted by atomic mass is 9.94. The maximum absolute atomic E-state index is 12.2. The van der Waals surface area contributed by atoms with Crippen LogP contribution in [0, 0.1) is 0 Å². The third kappa shape index (κ3) is 3.56. The number of amides is 1. The Hall–Kier alpha value is -2.82. The highest BCUT2D eigenvalue weighted by Crippen LogP contribution is 2.21. The first-order valence-electron chi connectivity index (χ1n) is 7.80. The molecule has 0 N–H and O–H groups in total. The van der Waals surface area contributed by atoms with Crippen LogP contribution in [0.25, 0.3) is 0 Å². The van der Waals surface area contributed by atoms with Gasteiger partial charge in [-0.05, 0) is 23.3 Å². The number of hydrogen-bond donors (Lipinski definition) is 0. The van der Waals surface area contributed by atoms with Gasteiger partial charge >= 0.3 is 6.09 Å². The van der Waals surface area contributed by atoms with Gasteiger partial charge in [-0.2, -0.15) is 0 Å². The van der Waals surface area contributed by atoms with E-state index in [4.69, 9.17) is 9.47 Å². The molecule has 0 aliphatic carbocycles. The fourth-order valence-electron chi connectivity index (χ4n) is 2.65. The average Bonchev–Trinajstić information content (AvgIpc) is 2.63. The van der Waals surface area contributed by atoms with E-state index in [1.165, 1.54) is 4.90 Å². The van der Waals surface area contributed by atoms with Crippen molar-refractivity contribution in [2.75, 3.05) is 13.7 Å². The molecule has 0 bridgehead atoms. The molecular weight excluding hydrogens is 306 g/mol. The topological polar surface area (TPSA) is 55.8 Å². The van der Waals surface area contributed by atoms with Gasteiger partial charge in [-0.25, -0.2) is 4.79 Å². The largest absolute Gasteiger partial charge is 0.497 e. The number of hydrogen-bond acceptors (Lipinski definition) is 4. The minimum Gasteiger partial charge on any atom is -0.497 e. The quantitative estimate of drug-likeness (QED) is 0.848. The van der Waals surface area contributed by atoms with Crippen molar-refractivity contribution in [2.24, 2.45) is 0 Å². The van der Waals surface area contributed by atoms with Gasteiger partial charge in [-0.3, -0.25) is 9.69 Å². The van der Waals surface area contributed by atoms with Crippen molar-refractivity contribution in [2.45, 2.75) is 19.1 Å². The lowest BCUT2D eigenvalue weighted by molar-refractivity contribution is -0.134. The molecule has 24 heavy (non-hydrogen) atoms. The maximum atomic E-state index is 12.2. The Morgan fingerprint density at radius 1 is 1.08 bits per heavy atom. The number of rotatable bonds is 5. The van der Waals surface area contributed by atoms with E-state index >= 15 is 0 Å². The first-order valence-corrected chi connectivity index (χ1v) is 7.80. The summed E-state index contributed by atoms with van der Waals surface area (Å²) in [5.41, 5.74) is 1.90. The van der Waals surface area contributed by atoms with Crippen LogP contribution in [-0.4, -0.2) is 36.5 Å². The van der Waals surface area contributed by atoms with E-state index in [1.54, 1.807) is 7.11 Å². The third-order valence-corrected chi connectivity index (χ3v) is 4.10. The average molecular weight is 325 g/mol. The molecule has 0 spiro atoms. The summed E-state index contributed by atoms with van der Waals surface area (Å²) in [6.07, 6.45) is 0.0421. The fraction of sp³-hybridized carbons (Fsp3) is 0.263. The Kier molecular flexibility index (Phi) is 4.79. The highest BCUT2D eigenvalue weighted by molar-refractivity contribution is 5.97. The number of methoxy groups -OCH3 is 1. The second kappa shape index (κ2) is 7.17. The summed E-state index contributed by atoms with van der Waals surface area (Å²) in [5, 5.41) is 0. The number of ether oxygens (including phenoxy) is 2. The molecule has 1 amide bonds. The van der Waals surface area contributed by atoms with Gasteiger partial charge in [0.1, 0.15) is 18.4 Å². The normalized spacial score (nSPS) is 16.5. The summed E-state index contributed by atoms with van der Waals surface area (Å²) in [7, 11) is 1.61. The number of carbonyl (C=O) groups excluding carboxylic acids is 2. The first kappa shape index (κ1) is 16.1. The lowest BCUT2D eigenvalue weighted by Gasteiger charge is -2.38. The minimum atomic E-state index is -0.447. The van der Waals surface area contributed by atoms with Crippen LogP contribution in [0.1, 0.15) is 11.1 Å².